The lowest BCUT2D eigenvalue weighted by atomic mass is 9.98. The number of benzene rings is 2. The van der Waals surface area contributed by atoms with E-state index >= 15 is 0 Å². The maximum atomic E-state index is 12.3. The molecule has 1 aliphatic rings. The summed E-state index contributed by atoms with van der Waals surface area (Å²) in [7, 11) is 0. The molecule has 2 aromatic heterocycles. The molecule has 5 rings (SSSR count). The summed E-state index contributed by atoms with van der Waals surface area (Å²) in [5, 5.41) is 5.75. The molecule has 0 unspecified atom stereocenters. The molecule has 1 saturated heterocycles. The van der Waals surface area contributed by atoms with Gasteiger partial charge in [0.05, 0.1) is 11.4 Å². The van der Waals surface area contributed by atoms with Gasteiger partial charge in [-0.05, 0) is 68.2 Å². The normalized spacial score (nSPS) is 15.8. The molecule has 8 nitrogen and oxygen atoms in total. The SMILES string of the molecule is C=CC(=O)N1CCC[C@H](n2nc(-c3c(C)cc(Oc4ccccc4)cc3C)c3c(N)ncnc32)C1. The van der Waals surface area contributed by atoms with Crippen molar-refractivity contribution >= 4 is 22.8 Å². The van der Waals surface area contributed by atoms with E-state index in [1.54, 1.807) is 0 Å². The van der Waals surface area contributed by atoms with Crippen LogP contribution >= 0.6 is 0 Å². The summed E-state index contributed by atoms with van der Waals surface area (Å²) >= 11 is 0. The van der Waals surface area contributed by atoms with E-state index in [4.69, 9.17) is 15.6 Å². The number of rotatable bonds is 5. The number of hydrogen-bond donors (Lipinski definition) is 1. The number of carbonyl (C=O) groups excluding carboxylic acids is 1. The summed E-state index contributed by atoms with van der Waals surface area (Å²) in [5.41, 5.74) is 10.8. The zero-order chi connectivity index (χ0) is 24.5. The number of likely N-dealkylation sites (tertiary alicyclic amines) is 1. The molecule has 3 heterocycles. The number of aromatic nitrogens is 4. The minimum atomic E-state index is -0.0683. The maximum absolute atomic E-state index is 12.3. The highest BCUT2D eigenvalue weighted by Crippen LogP contribution is 2.38. The Balaban J connectivity index is 1.59. The van der Waals surface area contributed by atoms with Gasteiger partial charge in [0, 0.05) is 18.7 Å². The molecule has 1 amide bonds. The van der Waals surface area contributed by atoms with Crippen LogP contribution in [0.5, 0.6) is 11.5 Å². The molecule has 35 heavy (non-hydrogen) atoms. The molecule has 2 aromatic carbocycles. The first-order valence-electron chi connectivity index (χ1n) is 11.7. The number of hydrogen-bond acceptors (Lipinski definition) is 6. The van der Waals surface area contributed by atoms with Crippen LogP contribution in [0, 0.1) is 13.8 Å². The third kappa shape index (κ3) is 4.23. The fourth-order valence-electron chi connectivity index (χ4n) is 4.89. The topological polar surface area (TPSA) is 99.2 Å². The second kappa shape index (κ2) is 9.21. The molecule has 1 atom stereocenters. The van der Waals surface area contributed by atoms with Crippen LogP contribution < -0.4 is 10.5 Å². The van der Waals surface area contributed by atoms with Crippen LogP contribution in [0.4, 0.5) is 5.82 Å². The minimum absolute atomic E-state index is 0.0144. The number of amides is 1. The Labute approximate surface area is 204 Å². The number of anilines is 1. The van der Waals surface area contributed by atoms with E-state index in [0.29, 0.717) is 24.6 Å². The van der Waals surface area contributed by atoms with Gasteiger partial charge in [-0.15, -0.1) is 0 Å². The molecule has 0 aliphatic carbocycles. The molecule has 4 aromatic rings. The lowest BCUT2D eigenvalue weighted by Crippen LogP contribution is -2.40. The van der Waals surface area contributed by atoms with Crippen molar-refractivity contribution in [1.29, 1.82) is 0 Å². The van der Waals surface area contributed by atoms with Crippen molar-refractivity contribution in [2.45, 2.75) is 32.7 Å². The van der Waals surface area contributed by atoms with Crippen molar-refractivity contribution in [1.82, 2.24) is 24.6 Å². The van der Waals surface area contributed by atoms with Gasteiger partial charge in [0.2, 0.25) is 5.91 Å². The van der Waals surface area contributed by atoms with Gasteiger partial charge in [-0.1, -0.05) is 24.8 Å². The first kappa shape index (κ1) is 22.6. The van der Waals surface area contributed by atoms with Crippen LogP contribution in [0.25, 0.3) is 22.3 Å². The predicted octanol–water partition coefficient (Wildman–Crippen LogP) is 4.83. The molecule has 0 saturated carbocycles. The van der Waals surface area contributed by atoms with Gasteiger partial charge in [0.1, 0.15) is 29.3 Å². The average molecular weight is 469 g/mol. The monoisotopic (exact) mass is 468 g/mol. The number of para-hydroxylation sites is 1. The second-order valence-electron chi connectivity index (χ2n) is 8.88. The average Bonchev–Trinajstić information content (AvgIpc) is 3.24. The van der Waals surface area contributed by atoms with Crippen molar-refractivity contribution in [3.63, 3.8) is 0 Å². The molecule has 0 spiro atoms. The van der Waals surface area contributed by atoms with Crippen molar-refractivity contribution in [2.75, 3.05) is 18.8 Å². The molecule has 2 N–H and O–H groups in total. The van der Waals surface area contributed by atoms with Gasteiger partial charge in [-0.3, -0.25) is 4.79 Å². The standard InChI is InChI=1S/C27H28N6O2/c1-4-22(34)32-12-8-9-19(15-32)33-27-24(26(28)29-16-30-27)25(31-33)23-17(2)13-21(14-18(23)3)35-20-10-6-5-7-11-20/h4-7,10-11,13-14,16,19H,1,8-9,12,15H2,2-3H3,(H2,28,29,30)/t19-/m0/s1. The fraction of sp³-hybridized carbons (Fsp3) is 0.259. The van der Waals surface area contributed by atoms with E-state index in [1.165, 1.54) is 12.4 Å². The highest BCUT2D eigenvalue weighted by atomic mass is 16.5. The van der Waals surface area contributed by atoms with Gasteiger partial charge in [0.15, 0.2) is 5.65 Å². The molecular weight excluding hydrogens is 440 g/mol. The summed E-state index contributed by atoms with van der Waals surface area (Å²) in [6.45, 7) is 8.97. The zero-order valence-electron chi connectivity index (χ0n) is 19.9. The predicted molar refractivity (Wildman–Crippen MR) is 136 cm³/mol. The Morgan fingerprint density at radius 3 is 2.60 bits per heavy atom. The summed E-state index contributed by atoms with van der Waals surface area (Å²) < 4.78 is 7.98. The number of carbonyl (C=O) groups is 1. The van der Waals surface area contributed by atoms with Gasteiger partial charge < -0.3 is 15.4 Å². The number of aryl methyl sites for hydroxylation is 2. The van der Waals surface area contributed by atoms with E-state index in [1.807, 2.05) is 65.9 Å². The summed E-state index contributed by atoms with van der Waals surface area (Å²) in [6.07, 6.45) is 4.60. The van der Waals surface area contributed by atoms with Crippen LogP contribution in [-0.2, 0) is 4.79 Å². The van der Waals surface area contributed by atoms with Gasteiger partial charge >= 0.3 is 0 Å². The van der Waals surface area contributed by atoms with Gasteiger partial charge in [-0.2, -0.15) is 5.10 Å². The number of ether oxygens (including phenoxy) is 1. The minimum Gasteiger partial charge on any atom is -0.457 e. The number of nitrogens with zero attached hydrogens (tertiary/aromatic N) is 5. The van der Waals surface area contributed by atoms with Gasteiger partial charge in [0.25, 0.3) is 0 Å². The highest BCUT2D eigenvalue weighted by Gasteiger charge is 2.28. The van der Waals surface area contributed by atoms with E-state index in [9.17, 15) is 4.79 Å². The van der Waals surface area contributed by atoms with Gasteiger partial charge in [-0.25, -0.2) is 14.6 Å². The summed E-state index contributed by atoms with van der Waals surface area (Å²) in [6, 6.07) is 13.7. The smallest absolute Gasteiger partial charge is 0.246 e. The molecule has 0 bridgehead atoms. The van der Waals surface area contributed by atoms with Crippen LogP contribution in [0.3, 0.4) is 0 Å². The Morgan fingerprint density at radius 1 is 1.14 bits per heavy atom. The third-order valence-corrected chi connectivity index (χ3v) is 6.47. The lowest BCUT2D eigenvalue weighted by Gasteiger charge is -2.32. The molecule has 0 radical (unpaired) electrons. The quantitative estimate of drug-likeness (QED) is 0.421. The van der Waals surface area contributed by atoms with E-state index in [2.05, 4.69) is 16.5 Å². The maximum Gasteiger partial charge on any atom is 0.246 e. The second-order valence-corrected chi connectivity index (χ2v) is 8.88. The Morgan fingerprint density at radius 2 is 1.89 bits per heavy atom. The number of piperidine rings is 1. The Kier molecular flexibility index (Phi) is 5.94. The first-order valence-corrected chi connectivity index (χ1v) is 11.7. The van der Waals surface area contributed by atoms with E-state index in [0.717, 1.165) is 52.1 Å². The Hall–Kier alpha value is -4.20. The lowest BCUT2D eigenvalue weighted by molar-refractivity contribution is -0.127. The van der Waals surface area contributed by atoms with Crippen LogP contribution in [0.1, 0.15) is 30.0 Å². The fourth-order valence-corrected chi connectivity index (χ4v) is 4.89. The summed E-state index contributed by atoms with van der Waals surface area (Å²) in [4.78, 5) is 22.9. The zero-order valence-corrected chi connectivity index (χ0v) is 19.9. The number of nitrogen functional groups attached to an aromatic ring is 1. The third-order valence-electron chi connectivity index (χ3n) is 6.47. The van der Waals surface area contributed by atoms with Crippen LogP contribution in [-0.4, -0.2) is 43.6 Å². The largest absolute Gasteiger partial charge is 0.457 e. The van der Waals surface area contributed by atoms with Crippen molar-refractivity contribution in [3.05, 3.63) is 72.6 Å². The Bertz CT molecular complexity index is 1390. The molecule has 178 valence electrons. The number of nitrogens with two attached hydrogens (primary N) is 1. The van der Waals surface area contributed by atoms with Crippen LogP contribution in [0.2, 0.25) is 0 Å². The van der Waals surface area contributed by atoms with Crippen LogP contribution in [0.15, 0.2) is 61.4 Å². The first-order chi connectivity index (χ1) is 17.0. The molecule has 1 fully saturated rings. The number of fused-ring (bicyclic) bond motifs is 1. The summed E-state index contributed by atoms with van der Waals surface area (Å²) in [5.74, 6) is 1.85. The molecule has 8 heteroatoms. The van der Waals surface area contributed by atoms with Crippen molar-refractivity contribution < 1.29 is 9.53 Å². The molecule has 1 aliphatic heterocycles. The highest BCUT2D eigenvalue weighted by molar-refractivity contribution is 5.99. The van der Waals surface area contributed by atoms with E-state index in [-0.39, 0.29) is 11.9 Å². The van der Waals surface area contributed by atoms with E-state index < -0.39 is 0 Å². The molecular formula is C27H28N6O2. The van der Waals surface area contributed by atoms with Crippen molar-refractivity contribution in [3.8, 4) is 22.8 Å². The van der Waals surface area contributed by atoms with Crippen molar-refractivity contribution in [2.24, 2.45) is 0 Å².